The molecule has 2 heterocycles. The Morgan fingerprint density at radius 3 is 2.94 bits per heavy atom. The molecule has 0 aromatic carbocycles. The average Bonchev–Trinajstić information content (AvgIpc) is 2.54. The molecule has 5 nitrogen and oxygen atoms in total. The summed E-state index contributed by atoms with van der Waals surface area (Å²) >= 11 is 1.31. The van der Waals surface area contributed by atoms with Crippen molar-refractivity contribution in [1.29, 1.82) is 5.26 Å². The number of ketones is 1. The summed E-state index contributed by atoms with van der Waals surface area (Å²) in [5.41, 5.74) is 6.61. The molecule has 1 aliphatic heterocycles. The van der Waals surface area contributed by atoms with E-state index >= 15 is 0 Å². The molecule has 18 heavy (non-hydrogen) atoms. The maximum Gasteiger partial charge on any atom is 0.171 e. The van der Waals surface area contributed by atoms with Gasteiger partial charge in [-0.15, -0.1) is 11.3 Å². The molecule has 2 N–H and O–H groups in total. The Morgan fingerprint density at radius 2 is 2.28 bits per heavy atom. The predicted molar refractivity (Wildman–Crippen MR) is 71.1 cm³/mol. The van der Waals surface area contributed by atoms with Crippen LogP contribution in [0.3, 0.4) is 0 Å². The minimum atomic E-state index is -0.0914. The Bertz CT molecular complexity index is 496. The molecule has 0 unspecified atom stereocenters. The van der Waals surface area contributed by atoms with Gasteiger partial charge in [-0.3, -0.25) is 4.79 Å². The first-order valence-electron chi connectivity index (χ1n) is 5.81. The lowest BCUT2D eigenvalue weighted by Crippen LogP contribution is -2.25. The van der Waals surface area contributed by atoms with E-state index in [9.17, 15) is 10.1 Å². The molecule has 0 aliphatic carbocycles. The molecule has 0 atom stereocenters. The minimum absolute atomic E-state index is 0.0914. The van der Waals surface area contributed by atoms with E-state index in [2.05, 4.69) is 11.0 Å². The molecule has 1 aliphatic rings. The number of carbonyl (C=O) groups excluding carboxylic acids is 1. The standard InChI is InChI=1S/C12H15N3O2S/c1-8(16)11-10(14)9(7-13)12(18-11)15-3-2-5-17-6-4-15/h2-6,14H2,1H3. The highest BCUT2D eigenvalue weighted by molar-refractivity contribution is 7.19. The summed E-state index contributed by atoms with van der Waals surface area (Å²) in [5.74, 6) is -0.0914. The molecule has 6 heteroatoms. The van der Waals surface area contributed by atoms with Crippen LogP contribution in [0.2, 0.25) is 0 Å². The molecule has 2 rings (SSSR count). The van der Waals surface area contributed by atoms with E-state index in [0.29, 0.717) is 22.7 Å². The molecule has 1 aromatic rings. The third kappa shape index (κ3) is 2.33. The van der Waals surface area contributed by atoms with Gasteiger partial charge in [-0.05, 0) is 6.42 Å². The van der Waals surface area contributed by atoms with Crippen molar-refractivity contribution in [3.8, 4) is 6.07 Å². The Kier molecular flexibility index (Phi) is 3.84. The second-order valence-corrected chi connectivity index (χ2v) is 5.15. The molecule has 0 saturated carbocycles. The van der Waals surface area contributed by atoms with Crippen molar-refractivity contribution in [3.63, 3.8) is 0 Å². The second-order valence-electron chi connectivity index (χ2n) is 4.15. The van der Waals surface area contributed by atoms with Crippen LogP contribution in [0.25, 0.3) is 0 Å². The van der Waals surface area contributed by atoms with Gasteiger partial charge in [0.25, 0.3) is 0 Å². The van der Waals surface area contributed by atoms with Crippen LogP contribution in [0.4, 0.5) is 10.7 Å². The molecular formula is C12H15N3O2S. The maximum absolute atomic E-state index is 11.5. The fourth-order valence-electron chi connectivity index (χ4n) is 1.97. The zero-order chi connectivity index (χ0) is 13.1. The first-order chi connectivity index (χ1) is 8.65. The van der Waals surface area contributed by atoms with Crippen molar-refractivity contribution in [2.45, 2.75) is 13.3 Å². The molecular weight excluding hydrogens is 250 g/mol. The van der Waals surface area contributed by atoms with Crippen molar-refractivity contribution in [1.82, 2.24) is 0 Å². The molecule has 0 spiro atoms. The minimum Gasteiger partial charge on any atom is -0.396 e. The van der Waals surface area contributed by atoms with Gasteiger partial charge in [-0.25, -0.2) is 0 Å². The number of nitrogens with zero attached hydrogens (tertiary/aromatic N) is 2. The summed E-state index contributed by atoms with van der Waals surface area (Å²) in [4.78, 5) is 14.0. The lowest BCUT2D eigenvalue weighted by Gasteiger charge is -2.20. The molecule has 0 bridgehead atoms. The average molecular weight is 265 g/mol. The van der Waals surface area contributed by atoms with Crippen LogP contribution in [0.1, 0.15) is 28.6 Å². The Morgan fingerprint density at radius 1 is 1.50 bits per heavy atom. The van der Waals surface area contributed by atoms with Gasteiger partial charge in [0.05, 0.1) is 17.2 Å². The first-order valence-corrected chi connectivity index (χ1v) is 6.62. The fourth-order valence-corrected chi connectivity index (χ4v) is 3.09. The number of Topliss-reactive ketones (excluding diaryl/α,β-unsaturated/α-hetero) is 1. The van der Waals surface area contributed by atoms with Crippen LogP contribution >= 0.6 is 11.3 Å². The van der Waals surface area contributed by atoms with Crippen LogP contribution in [0.15, 0.2) is 0 Å². The van der Waals surface area contributed by atoms with Crippen molar-refractivity contribution < 1.29 is 9.53 Å². The summed E-state index contributed by atoms with van der Waals surface area (Å²) < 4.78 is 5.39. The van der Waals surface area contributed by atoms with Gasteiger partial charge in [-0.1, -0.05) is 0 Å². The van der Waals surface area contributed by atoms with Gasteiger partial charge in [0.1, 0.15) is 16.6 Å². The van der Waals surface area contributed by atoms with E-state index in [4.69, 9.17) is 10.5 Å². The number of hydrogen-bond donors (Lipinski definition) is 1. The van der Waals surface area contributed by atoms with E-state index in [1.54, 1.807) is 0 Å². The van der Waals surface area contributed by atoms with E-state index < -0.39 is 0 Å². The zero-order valence-corrected chi connectivity index (χ0v) is 11.0. The van der Waals surface area contributed by atoms with E-state index in [1.165, 1.54) is 18.3 Å². The topological polar surface area (TPSA) is 79.3 Å². The smallest absolute Gasteiger partial charge is 0.171 e. The van der Waals surface area contributed by atoms with Crippen LogP contribution in [-0.4, -0.2) is 32.1 Å². The monoisotopic (exact) mass is 265 g/mol. The van der Waals surface area contributed by atoms with Gasteiger partial charge in [0.15, 0.2) is 5.78 Å². The highest BCUT2D eigenvalue weighted by Gasteiger charge is 2.23. The zero-order valence-electron chi connectivity index (χ0n) is 10.2. The largest absolute Gasteiger partial charge is 0.396 e. The van der Waals surface area contributed by atoms with Gasteiger partial charge in [0, 0.05) is 26.6 Å². The molecule has 0 radical (unpaired) electrons. The number of thiophene rings is 1. The normalized spacial score (nSPS) is 16.1. The molecule has 0 amide bonds. The number of nitriles is 1. The van der Waals surface area contributed by atoms with Gasteiger partial charge < -0.3 is 15.4 Å². The van der Waals surface area contributed by atoms with Crippen molar-refractivity contribution in [2.24, 2.45) is 0 Å². The number of hydrogen-bond acceptors (Lipinski definition) is 6. The molecule has 1 aromatic heterocycles. The van der Waals surface area contributed by atoms with Crippen molar-refractivity contribution >= 4 is 27.8 Å². The highest BCUT2D eigenvalue weighted by atomic mass is 32.1. The fraction of sp³-hybridized carbons (Fsp3) is 0.500. The third-order valence-electron chi connectivity index (χ3n) is 2.87. The van der Waals surface area contributed by atoms with E-state index in [-0.39, 0.29) is 5.78 Å². The number of nitrogens with two attached hydrogens (primary N) is 1. The van der Waals surface area contributed by atoms with Gasteiger partial charge in [0.2, 0.25) is 0 Å². The summed E-state index contributed by atoms with van der Waals surface area (Å²) in [6.07, 6.45) is 0.915. The molecule has 96 valence electrons. The SMILES string of the molecule is CC(=O)c1sc(N2CCCOCC2)c(C#N)c1N. The number of carbonyl (C=O) groups is 1. The summed E-state index contributed by atoms with van der Waals surface area (Å²) in [5, 5.41) is 10.00. The van der Waals surface area contributed by atoms with Crippen LogP contribution in [0.5, 0.6) is 0 Å². The van der Waals surface area contributed by atoms with E-state index in [0.717, 1.165) is 31.1 Å². The predicted octanol–water partition coefficient (Wildman–Crippen LogP) is 1.63. The lowest BCUT2D eigenvalue weighted by molar-refractivity contribution is 0.102. The summed E-state index contributed by atoms with van der Waals surface area (Å²) in [6.45, 7) is 4.40. The lowest BCUT2D eigenvalue weighted by atomic mass is 10.2. The molecule has 1 saturated heterocycles. The Hall–Kier alpha value is -1.58. The first kappa shape index (κ1) is 12.9. The maximum atomic E-state index is 11.5. The number of rotatable bonds is 2. The number of ether oxygens (including phenoxy) is 1. The van der Waals surface area contributed by atoms with Crippen LogP contribution < -0.4 is 10.6 Å². The van der Waals surface area contributed by atoms with Crippen molar-refractivity contribution in [3.05, 3.63) is 10.4 Å². The summed E-state index contributed by atoms with van der Waals surface area (Å²) in [6, 6.07) is 2.11. The van der Waals surface area contributed by atoms with Gasteiger partial charge >= 0.3 is 0 Å². The molecule has 1 fully saturated rings. The third-order valence-corrected chi connectivity index (χ3v) is 4.23. The van der Waals surface area contributed by atoms with Crippen LogP contribution in [-0.2, 0) is 4.74 Å². The van der Waals surface area contributed by atoms with Crippen LogP contribution in [0, 0.1) is 11.3 Å². The second kappa shape index (κ2) is 5.38. The van der Waals surface area contributed by atoms with Gasteiger partial charge in [-0.2, -0.15) is 5.26 Å². The van der Waals surface area contributed by atoms with E-state index in [1.807, 2.05) is 0 Å². The Balaban J connectivity index is 2.40. The number of anilines is 2. The number of nitrogen functional groups attached to an aromatic ring is 1. The summed E-state index contributed by atoms with van der Waals surface area (Å²) in [7, 11) is 0. The quantitative estimate of drug-likeness (QED) is 0.822. The highest BCUT2D eigenvalue weighted by Crippen LogP contribution is 2.38. The Labute approximate surface area is 110 Å². The van der Waals surface area contributed by atoms with Crippen molar-refractivity contribution in [2.75, 3.05) is 36.9 Å².